The Kier molecular flexibility index (Phi) is 14.0. The van der Waals surface area contributed by atoms with Gasteiger partial charge in [-0.25, -0.2) is 14.4 Å². The highest BCUT2D eigenvalue weighted by atomic mass is 31.2. The molecule has 0 radical (unpaired) electrons. The van der Waals surface area contributed by atoms with Crippen LogP contribution in [0.5, 0.6) is 0 Å². The normalized spacial score (nSPS) is 15.4. The van der Waals surface area contributed by atoms with Crippen molar-refractivity contribution < 1.29 is 48.0 Å². The number of nitrogens with zero attached hydrogens (tertiary/aromatic N) is 3. The number of esters is 2. The molecule has 5 aromatic carbocycles. The molecule has 0 aromatic heterocycles. The van der Waals surface area contributed by atoms with Crippen LogP contribution in [-0.4, -0.2) is 63.4 Å². The maximum atomic E-state index is 15.4. The van der Waals surface area contributed by atoms with E-state index in [4.69, 9.17) is 18.9 Å². The van der Waals surface area contributed by atoms with Gasteiger partial charge in [0.1, 0.15) is 24.7 Å². The molecule has 324 valence electrons. The number of carbonyl (C=O) groups is 4. The number of carbonyl (C=O) groups excluding carboxylic acids is 4. The maximum absolute atomic E-state index is 15.4. The number of hydrogen-bond donors (Lipinski definition) is 0. The van der Waals surface area contributed by atoms with E-state index in [-0.39, 0.29) is 30.0 Å². The molecule has 15 nitrogen and oxygen atoms in total. The molecule has 6 rings (SSSR count). The number of benzene rings is 5. The van der Waals surface area contributed by atoms with Gasteiger partial charge in [0.05, 0.1) is 28.9 Å². The van der Waals surface area contributed by atoms with Gasteiger partial charge >= 0.3 is 18.1 Å². The van der Waals surface area contributed by atoms with E-state index in [2.05, 4.69) is 0 Å². The van der Waals surface area contributed by atoms with Gasteiger partial charge in [-0.15, -0.1) is 0 Å². The smallest absolute Gasteiger partial charge is 0.466 e. The standard InChI is InChI=1S/C47H44N3O12P/c1-32(62-46(54)61-31-34-22-26-36(27-23-34)50(57)58)41-42(47(2,3)29-28-40(51)59-4)48(43(41)52)44(45(53)60-30-33-20-24-35(25-21-33)49(55)56)63(37-14-8-5-9-15-37,38-16-10-6-11-17-38)39-18-12-7-13-19-39/h5-29,32,41-42H,30-31H2,1-4H3. The van der Waals surface area contributed by atoms with Gasteiger partial charge in [-0.05, 0) is 58.2 Å². The van der Waals surface area contributed by atoms with Crippen LogP contribution in [0.4, 0.5) is 16.2 Å². The number of methoxy groups -OCH3 is 1. The lowest BCUT2D eigenvalue weighted by molar-refractivity contribution is -0.385. The van der Waals surface area contributed by atoms with E-state index in [1.807, 2.05) is 91.0 Å². The Labute approximate surface area is 363 Å². The molecule has 5 aromatic rings. The van der Waals surface area contributed by atoms with Gasteiger partial charge in [0.15, 0.2) is 0 Å². The van der Waals surface area contributed by atoms with Crippen molar-refractivity contribution in [1.82, 2.24) is 4.90 Å². The summed E-state index contributed by atoms with van der Waals surface area (Å²) in [6, 6.07) is 38.0. The Morgan fingerprint density at radius 3 is 1.56 bits per heavy atom. The number of nitro groups is 2. The molecular weight excluding hydrogens is 829 g/mol. The molecular formula is C47H44N3O12P. The number of rotatable bonds is 16. The Morgan fingerprint density at radius 2 is 1.14 bits per heavy atom. The number of non-ortho nitro benzene ring substituents is 2. The summed E-state index contributed by atoms with van der Waals surface area (Å²) < 4.78 is 22.2. The van der Waals surface area contributed by atoms with Gasteiger partial charge in [0, 0.05) is 42.6 Å². The first-order chi connectivity index (χ1) is 30.2. The SMILES string of the molecule is COC(=O)C=CC(C)(C)C1C(C(C)OC(=O)OCc2ccc([N+](=O)[O-])cc2)C(=O)N1C(C(=O)OCc1ccc([N+](=O)[O-])cc1)=P(c1ccccc1)(c1ccccc1)c1ccccc1. The first-order valence-corrected chi connectivity index (χ1v) is 21.5. The third-order valence-corrected chi connectivity index (χ3v) is 15.0. The molecule has 1 fully saturated rings. The predicted molar refractivity (Wildman–Crippen MR) is 236 cm³/mol. The molecule has 0 bridgehead atoms. The van der Waals surface area contributed by atoms with Gasteiger partial charge < -0.3 is 18.9 Å². The van der Waals surface area contributed by atoms with Crippen LogP contribution in [0.3, 0.4) is 0 Å². The average molecular weight is 874 g/mol. The number of amides is 1. The minimum absolute atomic E-state index is 0.00625. The summed E-state index contributed by atoms with van der Waals surface area (Å²) in [6.45, 7) is 1.05. The van der Waals surface area contributed by atoms with E-state index in [0.29, 0.717) is 27.0 Å². The van der Waals surface area contributed by atoms with Crippen molar-refractivity contribution in [2.24, 2.45) is 11.3 Å². The molecule has 0 spiro atoms. The van der Waals surface area contributed by atoms with Gasteiger partial charge in [-0.1, -0.05) is 111 Å². The second-order valence-corrected chi connectivity index (χ2v) is 18.5. The topological polar surface area (TPSA) is 195 Å². The Balaban J connectivity index is 1.53. The first-order valence-electron chi connectivity index (χ1n) is 19.7. The second kappa shape index (κ2) is 19.6. The molecule has 63 heavy (non-hydrogen) atoms. The van der Waals surface area contributed by atoms with Crippen molar-refractivity contribution in [3.8, 4) is 0 Å². The zero-order valence-electron chi connectivity index (χ0n) is 34.8. The van der Waals surface area contributed by atoms with Crippen molar-refractivity contribution in [1.29, 1.82) is 0 Å². The van der Waals surface area contributed by atoms with Crippen molar-refractivity contribution in [3.63, 3.8) is 0 Å². The summed E-state index contributed by atoms with van der Waals surface area (Å²) in [5.74, 6) is -3.19. The van der Waals surface area contributed by atoms with Crippen LogP contribution in [0.15, 0.2) is 152 Å². The molecule has 1 saturated heterocycles. The van der Waals surface area contributed by atoms with Crippen LogP contribution in [0.1, 0.15) is 31.9 Å². The molecule has 16 heteroatoms. The van der Waals surface area contributed by atoms with Crippen LogP contribution in [0.25, 0.3) is 0 Å². The van der Waals surface area contributed by atoms with Crippen LogP contribution in [-0.2, 0) is 46.5 Å². The van der Waals surface area contributed by atoms with Crippen molar-refractivity contribution >= 4 is 63.6 Å². The zero-order chi connectivity index (χ0) is 45.3. The number of ether oxygens (including phenoxy) is 4. The third kappa shape index (κ3) is 9.74. The Bertz CT molecular complexity index is 2460. The molecule has 0 N–H and O–H groups in total. The number of hydrogen-bond acceptors (Lipinski definition) is 12. The van der Waals surface area contributed by atoms with Crippen molar-refractivity contribution in [3.05, 3.63) is 183 Å². The third-order valence-electron chi connectivity index (χ3n) is 10.7. The van der Waals surface area contributed by atoms with Gasteiger partial charge in [0.2, 0.25) is 5.91 Å². The molecule has 3 atom stereocenters. The summed E-state index contributed by atoms with van der Waals surface area (Å²) in [5, 5.41) is 24.6. The van der Waals surface area contributed by atoms with E-state index in [0.717, 1.165) is 0 Å². The second-order valence-electron chi connectivity index (χ2n) is 15.1. The van der Waals surface area contributed by atoms with E-state index >= 15 is 9.59 Å². The average Bonchev–Trinajstić information content (AvgIpc) is 3.29. The van der Waals surface area contributed by atoms with Gasteiger partial charge in [-0.3, -0.25) is 29.9 Å². The summed E-state index contributed by atoms with van der Waals surface area (Å²) in [6.07, 6.45) is 0.537. The van der Waals surface area contributed by atoms with E-state index < -0.39 is 64.2 Å². The van der Waals surface area contributed by atoms with Crippen LogP contribution in [0, 0.1) is 31.6 Å². The highest BCUT2D eigenvalue weighted by Crippen LogP contribution is 2.52. The summed E-state index contributed by atoms with van der Waals surface area (Å²) in [5.41, 5.74) is -0.493. The maximum Gasteiger partial charge on any atom is 0.508 e. The minimum Gasteiger partial charge on any atom is -0.466 e. The molecule has 1 aliphatic heterocycles. The molecule has 1 aliphatic rings. The van der Waals surface area contributed by atoms with Crippen LogP contribution >= 0.6 is 6.89 Å². The minimum atomic E-state index is -3.44. The van der Waals surface area contributed by atoms with E-state index in [1.54, 1.807) is 19.9 Å². The summed E-state index contributed by atoms with van der Waals surface area (Å²) >= 11 is 0. The lowest BCUT2D eigenvalue weighted by Crippen LogP contribution is -2.72. The quantitative estimate of drug-likeness (QED) is 0.0188. The molecule has 0 aliphatic carbocycles. The van der Waals surface area contributed by atoms with Crippen molar-refractivity contribution in [2.75, 3.05) is 7.11 Å². The fourth-order valence-corrected chi connectivity index (χ4v) is 12.0. The molecule has 3 unspecified atom stereocenters. The van der Waals surface area contributed by atoms with Gasteiger partial charge in [0.25, 0.3) is 11.4 Å². The number of nitro benzene ring substituents is 2. The zero-order valence-corrected chi connectivity index (χ0v) is 35.7. The largest absolute Gasteiger partial charge is 0.508 e. The summed E-state index contributed by atoms with van der Waals surface area (Å²) in [4.78, 5) is 79.2. The van der Waals surface area contributed by atoms with E-state index in [1.165, 1.54) is 73.5 Å². The monoisotopic (exact) mass is 873 g/mol. The predicted octanol–water partition coefficient (Wildman–Crippen LogP) is 6.99. The highest BCUT2D eigenvalue weighted by Gasteiger charge is 2.60. The fraction of sp³-hybridized carbons (Fsp3) is 0.213. The van der Waals surface area contributed by atoms with E-state index in [9.17, 15) is 29.8 Å². The summed E-state index contributed by atoms with van der Waals surface area (Å²) in [7, 11) is 1.23. The fourth-order valence-electron chi connectivity index (χ4n) is 7.66. The Hall–Kier alpha value is -7.38. The molecule has 1 amide bonds. The number of β-lactam (4-membered cyclic amide) rings is 1. The van der Waals surface area contributed by atoms with Crippen LogP contribution < -0.4 is 15.9 Å². The van der Waals surface area contributed by atoms with Crippen LogP contribution in [0.2, 0.25) is 0 Å². The number of likely N-dealkylation sites (tertiary alicyclic amines) is 1. The Morgan fingerprint density at radius 1 is 0.714 bits per heavy atom. The molecule has 1 heterocycles. The lowest BCUT2D eigenvalue weighted by atomic mass is 9.68. The van der Waals surface area contributed by atoms with Crippen molar-refractivity contribution in [2.45, 2.75) is 46.1 Å². The molecule has 0 saturated carbocycles. The first kappa shape index (κ1) is 45.2. The van der Waals surface area contributed by atoms with Gasteiger partial charge in [-0.2, -0.15) is 0 Å². The highest BCUT2D eigenvalue weighted by molar-refractivity contribution is 7.96. The lowest BCUT2D eigenvalue weighted by Gasteiger charge is -2.56.